The molecule has 1 amide bonds. The van der Waals surface area contributed by atoms with Gasteiger partial charge in [-0.3, -0.25) is 9.69 Å². The van der Waals surface area contributed by atoms with Crippen molar-refractivity contribution < 1.29 is 4.79 Å². The average Bonchev–Trinajstić information content (AvgIpc) is 3.38. The van der Waals surface area contributed by atoms with Crippen molar-refractivity contribution in [3.8, 4) is 0 Å². The summed E-state index contributed by atoms with van der Waals surface area (Å²) in [6, 6.07) is 18.5. The zero-order chi connectivity index (χ0) is 21.2. The number of benzene rings is 2. The van der Waals surface area contributed by atoms with Gasteiger partial charge in [0.15, 0.2) is 10.8 Å². The molecule has 0 aliphatic carbocycles. The van der Waals surface area contributed by atoms with Gasteiger partial charge in [-0.15, -0.1) is 5.10 Å². The predicted octanol–water partition coefficient (Wildman–Crippen LogP) is 3.07. The van der Waals surface area contributed by atoms with Gasteiger partial charge in [0.1, 0.15) is 5.82 Å². The molecule has 2 aromatic carbocycles. The monoisotopic (exact) mass is 432 g/mol. The van der Waals surface area contributed by atoms with Gasteiger partial charge in [0.2, 0.25) is 5.91 Å². The van der Waals surface area contributed by atoms with Gasteiger partial charge in [-0.25, -0.2) is 9.97 Å². The number of nitrogens with zero attached hydrogens (tertiary/aromatic N) is 5. The van der Waals surface area contributed by atoms with E-state index in [4.69, 9.17) is 4.98 Å². The van der Waals surface area contributed by atoms with Crippen molar-refractivity contribution in [2.24, 2.45) is 0 Å². The molecule has 0 bridgehead atoms. The van der Waals surface area contributed by atoms with Crippen LogP contribution in [0.15, 0.2) is 59.8 Å². The van der Waals surface area contributed by atoms with E-state index in [1.54, 1.807) is 4.52 Å². The summed E-state index contributed by atoms with van der Waals surface area (Å²) in [6.45, 7) is 4.67. The van der Waals surface area contributed by atoms with Gasteiger partial charge in [-0.2, -0.15) is 4.52 Å². The van der Waals surface area contributed by atoms with Crippen LogP contribution in [0.3, 0.4) is 0 Å². The van der Waals surface area contributed by atoms with Crippen molar-refractivity contribution in [2.45, 2.75) is 31.1 Å². The molecule has 3 heterocycles. The van der Waals surface area contributed by atoms with Crippen LogP contribution in [0.5, 0.6) is 0 Å². The van der Waals surface area contributed by atoms with E-state index in [1.807, 2.05) is 37.3 Å². The Hall–Kier alpha value is -2.97. The molecule has 1 aliphatic rings. The summed E-state index contributed by atoms with van der Waals surface area (Å²) in [4.78, 5) is 24.3. The van der Waals surface area contributed by atoms with Crippen molar-refractivity contribution in [2.75, 3.05) is 18.8 Å². The second kappa shape index (κ2) is 8.64. The van der Waals surface area contributed by atoms with Crippen molar-refractivity contribution in [1.29, 1.82) is 0 Å². The van der Waals surface area contributed by atoms with E-state index in [0.717, 1.165) is 42.6 Å². The highest BCUT2D eigenvalue weighted by Crippen LogP contribution is 2.24. The van der Waals surface area contributed by atoms with E-state index >= 15 is 0 Å². The fourth-order valence-corrected chi connectivity index (χ4v) is 4.82. The maximum absolute atomic E-state index is 12.6. The minimum absolute atomic E-state index is 0.0245. The van der Waals surface area contributed by atoms with Crippen LogP contribution in [0.25, 0.3) is 16.6 Å². The fourth-order valence-electron chi connectivity index (χ4n) is 4.06. The molecule has 1 fully saturated rings. The van der Waals surface area contributed by atoms with E-state index in [9.17, 15) is 4.79 Å². The zero-order valence-electron chi connectivity index (χ0n) is 17.4. The molecule has 7 nitrogen and oxygen atoms in total. The van der Waals surface area contributed by atoms with Gasteiger partial charge < -0.3 is 5.32 Å². The van der Waals surface area contributed by atoms with Crippen molar-refractivity contribution in [3.05, 3.63) is 66.0 Å². The summed E-state index contributed by atoms with van der Waals surface area (Å²) < 4.78 is 1.74. The molecule has 1 atom stereocenters. The van der Waals surface area contributed by atoms with Crippen LogP contribution in [0, 0.1) is 6.92 Å². The molecule has 0 saturated carbocycles. The zero-order valence-corrected chi connectivity index (χ0v) is 18.2. The highest BCUT2D eigenvalue weighted by Gasteiger charge is 2.24. The fraction of sp³-hybridized carbons (Fsp3) is 0.304. The van der Waals surface area contributed by atoms with Crippen molar-refractivity contribution >= 4 is 34.2 Å². The normalized spacial score (nSPS) is 16.9. The van der Waals surface area contributed by atoms with E-state index in [1.165, 1.54) is 17.3 Å². The minimum Gasteiger partial charge on any atom is -0.351 e. The van der Waals surface area contributed by atoms with Gasteiger partial charge in [0.25, 0.3) is 0 Å². The second-order valence-corrected chi connectivity index (χ2v) is 8.81. The molecular formula is C23H24N6OS. The highest BCUT2D eigenvalue weighted by atomic mass is 32.2. The van der Waals surface area contributed by atoms with Crippen LogP contribution in [0.2, 0.25) is 0 Å². The summed E-state index contributed by atoms with van der Waals surface area (Å²) in [6.07, 6.45) is 0.976. The molecule has 31 heavy (non-hydrogen) atoms. The standard InChI is InChI=1S/C23H24N6OS/c1-16-24-22-19-9-5-6-10-20(19)26-23(29(22)27-16)31-15-21(30)25-18-11-12-28(14-18)13-17-7-3-2-4-8-17/h2-10,18H,11-15H2,1H3,(H,25,30). The number of rotatable bonds is 6. The summed E-state index contributed by atoms with van der Waals surface area (Å²) in [7, 11) is 0. The lowest BCUT2D eigenvalue weighted by Gasteiger charge is -2.16. The Labute approximate surface area is 184 Å². The number of nitrogens with one attached hydrogen (secondary N) is 1. The third kappa shape index (κ3) is 4.40. The number of thioether (sulfide) groups is 1. The SMILES string of the molecule is Cc1nc2c3ccccc3nc(SCC(=O)NC3CCN(Cc4ccccc4)C3)n2n1. The second-order valence-electron chi connectivity index (χ2n) is 7.87. The average molecular weight is 433 g/mol. The molecule has 0 radical (unpaired) electrons. The number of hydrogen-bond donors (Lipinski definition) is 1. The van der Waals surface area contributed by atoms with Crippen molar-refractivity contribution in [3.63, 3.8) is 0 Å². The summed E-state index contributed by atoms with van der Waals surface area (Å²) in [5, 5.41) is 9.30. The molecule has 158 valence electrons. The van der Waals surface area contributed by atoms with Gasteiger partial charge in [-0.05, 0) is 31.0 Å². The maximum Gasteiger partial charge on any atom is 0.230 e. The number of hydrogen-bond acceptors (Lipinski definition) is 6. The lowest BCUT2D eigenvalue weighted by Crippen LogP contribution is -2.38. The largest absolute Gasteiger partial charge is 0.351 e. The van der Waals surface area contributed by atoms with E-state index in [0.29, 0.717) is 16.7 Å². The summed E-state index contributed by atoms with van der Waals surface area (Å²) in [5.74, 6) is 1.01. The van der Waals surface area contributed by atoms with E-state index < -0.39 is 0 Å². The number of fused-ring (bicyclic) bond motifs is 3. The van der Waals surface area contributed by atoms with E-state index in [2.05, 4.69) is 44.6 Å². The first-order valence-corrected chi connectivity index (χ1v) is 11.4. The molecule has 1 saturated heterocycles. The molecule has 2 aromatic heterocycles. The Kier molecular flexibility index (Phi) is 5.57. The first-order chi connectivity index (χ1) is 15.2. The van der Waals surface area contributed by atoms with Crippen LogP contribution in [0.1, 0.15) is 17.8 Å². The summed E-state index contributed by atoms with van der Waals surface area (Å²) >= 11 is 1.40. The molecule has 4 aromatic rings. The van der Waals surface area contributed by atoms with Gasteiger partial charge in [-0.1, -0.05) is 54.2 Å². The molecule has 5 rings (SSSR count). The number of para-hydroxylation sites is 1. The van der Waals surface area contributed by atoms with Crippen LogP contribution < -0.4 is 5.32 Å². The molecule has 8 heteroatoms. The number of amides is 1. The Morgan fingerprint density at radius 3 is 2.81 bits per heavy atom. The number of carbonyl (C=O) groups is 1. The topological polar surface area (TPSA) is 75.4 Å². The van der Waals surface area contributed by atoms with Crippen molar-refractivity contribution in [1.82, 2.24) is 29.8 Å². The highest BCUT2D eigenvalue weighted by molar-refractivity contribution is 7.99. The number of aryl methyl sites for hydroxylation is 1. The number of likely N-dealkylation sites (tertiary alicyclic amines) is 1. The predicted molar refractivity (Wildman–Crippen MR) is 122 cm³/mol. The summed E-state index contributed by atoms with van der Waals surface area (Å²) in [5.41, 5.74) is 2.94. The first-order valence-electron chi connectivity index (χ1n) is 10.5. The quantitative estimate of drug-likeness (QED) is 0.373. The minimum atomic E-state index is 0.0245. The molecular weight excluding hydrogens is 408 g/mol. The van der Waals surface area contributed by atoms with E-state index in [-0.39, 0.29) is 11.9 Å². The number of carbonyl (C=O) groups excluding carboxylic acids is 1. The smallest absolute Gasteiger partial charge is 0.230 e. The maximum atomic E-state index is 12.6. The Bertz CT molecular complexity index is 1220. The number of aromatic nitrogens is 4. The van der Waals surface area contributed by atoms with Crippen LogP contribution in [-0.2, 0) is 11.3 Å². The molecule has 1 N–H and O–H groups in total. The molecule has 1 unspecified atom stereocenters. The Morgan fingerprint density at radius 1 is 1.13 bits per heavy atom. The lowest BCUT2D eigenvalue weighted by atomic mass is 10.2. The Morgan fingerprint density at radius 2 is 1.94 bits per heavy atom. The van der Waals surface area contributed by atoms with Crippen LogP contribution >= 0.6 is 11.8 Å². The van der Waals surface area contributed by atoms with Gasteiger partial charge >= 0.3 is 0 Å². The van der Waals surface area contributed by atoms with Gasteiger partial charge in [0.05, 0.1) is 11.3 Å². The van der Waals surface area contributed by atoms with Crippen LogP contribution in [-0.4, -0.2) is 55.3 Å². The first kappa shape index (κ1) is 20.0. The van der Waals surface area contributed by atoms with Crippen LogP contribution in [0.4, 0.5) is 0 Å². The lowest BCUT2D eigenvalue weighted by molar-refractivity contribution is -0.119. The molecule has 0 spiro atoms. The van der Waals surface area contributed by atoms with Gasteiger partial charge in [0, 0.05) is 31.1 Å². The molecule has 1 aliphatic heterocycles. The third-order valence-electron chi connectivity index (χ3n) is 5.47. The Balaban J connectivity index is 1.21. The third-order valence-corrected chi connectivity index (χ3v) is 6.40.